The molecule has 2 aliphatic rings. The number of hydrogen-bond acceptors (Lipinski definition) is 5. The summed E-state index contributed by atoms with van der Waals surface area (Å²) in [4.78, 5) is 28.4. The van der Waals surface area contributed by atoms with Gasteiger partial charge >= 0.3 is 5.97 Å². The molecule has 1 aliphatic carbocycles. The lowest BCUT2D eigenvalue weighted by molar-refractivity contribution is 0.0695. The van der Waals surface area contributed by atoms with Gasteiger partial charge in [-0.15, -0.1) is 0 Å². The summed E-state index contributed by atoms with van der Waals surface area (Å²) in [5, 5.41) is 9.38. The minimum absolute atomic E-state index is 0.00291. The molecule has 1 saturated heterocycles. The molecule has 3 N–H and O–H groups in total. The van der Waals surface area contributed by atoms with Crippen molar-refractivity contribution < 1.29 is 14.3 Å². The molecule has 0 bridgehead atoms. The molecule has 0 spiro atoms. The maximum atomic E-state index is 15.7. The summed E-state index contributed by atoms with van der Waals surface area (Å²) in [5.74, 6) is -1.81. The van der Waals surface area contributed by atoms with Crippen molar-refractivity contribution in [3.63, 3.8) is 0 Å². The second-order valence-corrected chi connectivity index (χ2v) is 7.53. The van der Waals surface area contributed by atoms with Crippen molar-refractivity contribution in [3.05, 3.63) is 33.4 Å². The topological polar surface area (TPSA) is 91.8 Å². The summed E-state index contributed by atoms with van der Waals surface area (Å²) < 4.78 is 17.3. The van der Waals surface area contributed by atoms with Crippen LogP contribution in [0.15, 0.2) is 11.0 Å². The van der Waals surface area contributed by atoms with Gasteiger partial charge in [-0.3, -0.25) is 4.79 Å². The highest BCUT2D eigenvalue weighted by molar-refractivity contribution is 6.01. The van der Waals surface area contributed by atoms with Crippen molar-refractivity contribution in [1.82, 2.24) is 9.47 Å². The van der Waals surface area contributed by atoms with Crippen LogP contribution in [0.3, 0.4) is 0 Å². The molecule has 1 aliphatic heterocycles. The minimum atomic E-state index is -1.32. The van der Waals surface area contributed by atoms with Gasteiger partial charge in [0.15, 0.2) is 5.82 Å². The third kappa shape index (κ3) is 2.75. The smallest absolute Gasteiger partial charge is 0.341 e. The number of rotatable bonds is 3. The molecule has 27 heavy (non-hydrogen) atoms. The molecule has 0 unspecified atom stereocenters. The first-order valence-electron chi connectivity index (χ1n) is 9.14. The summed E-state index contributed by atoms with van der Waals surface area (Å²) in [5.41, 5.74) is 6.39. The fourth-order valence-electron chi connectivity index (χ4n) is 3.90. The number of nitrogens with zero attached hydrogens (tertiary/aromatic N) is 3. The van der Waals surface area contributed by atoms with Crippen LogP contribution < -0.4 is 16.1 Å². The highest BCUT2D eigenvalue weighted by Gasteiger charge is 2.32. The summed E-state index contributed by atoms with van der Waals surface area (Å²) in [6, 6.07) is 0.00291. The molecule has 0 atom stereocenters. The van der Waals surface area contributed by atoms with Crippen LogP contribution >= 0.6 is 0 Å². The Kier molecular flexibility index (Phi) is 4.10. The lowest BCUT2D eigenvalue weighted by atomic mass is 10.0. The Morgan fingerprint density at radius 3 is 2.44 bits per heavy atom. The fraction of sp³-hybridized carbons (Fsp3) is 0.474. The minimum Gasteiger partial charge on any atom is -0.477 e. The molecule has 1 aromatic heterocycles. The first-order valence-corrected chi connectivity index (χ1v) is 9.14. The normalized spacial score (nSPS) is 18.3. The lowest BCUT2D eigenvalue weighted by Crippen LogP contribution is -2.45. The number of hydrogen-bond donors (Lipinski definition) is 2. The number of aromatic nitrogens is 1. The van der Waals surface area contributed by atoms with Gasteiger partial charge in [0.25, 0.3) is 0 Å². The summed E-state index contributed by atoms with van der Waals surface area (Å²) >= 11 is 0. The molecule has 4 rings (SSSR count). The summed E-state index contributed by atoms with van der Waals surface area (Å²) in [6.45, 7) is 4.65. The SMILES string of the molecule is Cc1c(N2CCN(C)CC2)c(F)c2c(c1N)c(=O)c(C(=O)O)cn2C1CC1. The Hall–Kier alpha value is -2.61. The maximum absolute atomic E-state index is 15.7. The molecule has 0 radical (unpaired) electrons. The van der Waals surface area contributed by atoms with Gasteiger partial charge in [0.05, 0.1) is 22.3 Å². The van der Waals surface area contributed by atoms with E-state index >= 15 is 4.39 Å². The first-order chi connectivity index (χ1) is 12.8. The van der Waals surface area contributed by atoms with Crippen molar-refractivity contribution in [3.8, 4) is 0 Å². The lowest BCUT2D eigenvalue weighted by Gasteiger charge is -2.35. The van der Waals surface area contributed by atoms with E-state index in [0.29, 0.717) is 24.3 Å². The van der Waals surface area contributed by atoms with Crippen LogP contribution in [0.5, 0.6) is 0 Å². The number of likely N-dealkylation sites (N-methyl/N-ethyl adjacent to an activating group) is 1. The Balaban J connectivity index is 2.03. The van der Waals surface area contributed by atoms with Crippen LogP contribution in [0.25, 0.3) is 10.9 Å². The molecule has 144 valence electrons. The maximum Gasteiger partial charge on any atom is 0.341 e. The molecule has 2 heterocycles. The number of anilines is 2. The van der Waals surface area contributed by atoms with E-state index in [1.165, 1.54) is 6.20 Å². The van der Waals surface area contributed by atoms with Crippen molar-refractivity contribution in [1.29, 1.82) is 0 Å². The second-order valence-electron chi connectivity index (χ2n) is 7.53. The van der Waals surface area contributed by atoms with E-state index < -0.39 is 17.2 Å². The van der Waals surface area contributed by atoms with E-state index in [0.717, 1.165) is 25.9 Å². The van der Waals surface area contributed by atoms with E-state index in [1.807, 2.05) is 11.9 Å². The predicted molar refractivity (Wildman–Crippen MR) is 102 cm³/mol. The van der Waals surface area contributed by atoms with Crippen molar-refractivity contribution in [2.45, 2.75) is 25.8 Å². The molecule has 1 saturated carbocycles. The van der Waals surface area contributed by atoms with Crippen LogP contribution in [0.1, 0.15) is 34.8 Å². The number of halogens is 1. The molecule has 2 aromatic rings. The van der Waals surface area contributed by atoms with E-state index in [-0.39, 0.29) is 28.2 Å². The number of piperazine rings is 1. The number of pyridine rings is 1. The number of nitrogen functional groups attached to an aromatic ring is 1. The molecule has 7 nitrogen and oxygen atoms in total. The van der Waals surface area contributed by atoms with Crippen LogP contribution in [-0.4, -0.2) is 53.8 Å². The highest BCUT2D eigenvalue weighted by Crippen LogP contribution is 2.42. The van der Waals surface area contributed by atoms with Gasteiger partial charge in [0.2, 0.25) is 5.43 Å². The largest absolute Gasteiger partial charge is 0.477 e. The van der Waals surface area contributed by atoms with Gasteiger partial charge in [-0.2, -0.15) is 0 Å². The Bertz CT molecular complexity index is 1000. The van der Waals surface area contributed by atoms with E-state index in [9.17, 15) is 14.7 Å². The molecular formula is C19H23FN4O3. The Morgan fingerprint density at radius 1 is 1.26 bits per heavy atom. The number of carboxylic acids is 1. The van der Waals surface area contributed by atoms with E-state index in [4.69, 9.17) is 5.73 Å². The number of carbonyl (C=O) groups is 1. The number of fused-ring (bicyclic) bond motifs is 1. The first kappa shape index (κ1) is 17.8. The number of carboxylic acid groups (broad SMARTS) is 1. The molecule has 0 amide bonds. The van der Waals surface area contributed by atoms with Crippen LogP contribution in [0, 0.1) is 12.7 Å². The van der Waals surface area contributed by atoms with Gasteiger partial charge in [-0.05, 0) is 32.4 Å². The van der Waals surface area contributed by atoms with Gasteiger partial charge in [-0.1, -0.05) is 0 Å². The standard InChI is InChI=1S/C19H23FN4O3/c1-10-15(21)13-17(14(20)16(10)23-7-5-22(2)6-8-23)24(11-3-4-11)9-12(18(13)25)19(26)27/h9,11H,3-8,21H2,1-2H3,(H,26,27). The third-order valence-corrected chi connectivity index (χ3v) is 5.67. The molecule has 2 fully saturated rings. The highest BCUT2D eigenvalue weighted by atomic mass is 19.1. The van der Waals surface area contributed by atoms with E-state index in [1.54, 1.807) is 11.5 Å². The summed E-state index contributed by atoms with van der Waals surface area (Å²) in [6.07, 6.45) is 2.93. The molecular weight excluding hydrogens is 351 g/mol. The van der Waals surface area contributed by atoms with E-state index in [2.05, 4.69) is 4.90 Å². The zero-order valence-corrected chi connectivity index (χ0v) is 15.5. The van der Waals surface area contributed by atoms with Gasteiger partial charge in [0.1, 0.15) is 5.56 Å². The summed E-state index contributed by atoms with van der Waals surface area (Å²) in [7, 11) is 2.02. The average Bonchev–Trinajstić information content (AvgIpc) is 3.46. The van der Waals surface area contributed by atoms with Crippen molar-refractivity contribution in [2.24, 2.45) is 0 Å². The monoisotopic (exact) mass is 374 g/mol. The fourth-order valence-corrected chi connectivity index (χ4v) is 3.90. The number of aromatic carboxylic acids is 1. The van der Waals surface area contributed by atoms with Crippen LogP contribution in [0.4, 0.5) is 15.8 Å². The zero-order chi connectivity index (χ0) is 19.5. The Labute approximate surface area is 155 Å². The third-order valence-electron chi connectivity index (χ3n) is 5.67. The van der Waals surface area contributed by atoms with Gasteiger partial charge in [-0.25, -0.2) is 9.18 Å². The molecule has 8 heteroatoms. The van der Waals surface area contributed by atoms with Gasteiger partial charge < -0.3 is 25.2 Å². The van der Waals surface area contributed by atoms with Crippen LogP contribution in [-0.2, 0) is 0 Å². The van der Waals surface area contributed by atoms with Crippen LogP contribution in [0.2, 0.25) is 0 Å². The van der Waals surface area contributed by atoms with Crippen molar-refractivity contribution >= 4 is 28.2 Å². The van der Waals surface area contributed by atoms with Crippen molar-refractivity contribution in [2.75, 3.05) is 43.9 Å². The quantitative estimate of drug-likeness (QED) is 0.797. The molecule has 1 aromatic carbocycles. The predicted octanol–water partition coefficient (Wildman–Crippen LogP) is 1.82. The average molecular weight is 374 g/mol. The number of benzene rings is 1. The number of nitrogens with two attached hydrogens (primary N) is 1. The zero-order valence-electron chi connectivity index (χ0n) is 15.5. The van der Waals surface area contributed by atoms with Gasteiger partial charge in [0, 0.05) is 38.4 Å². The Morgan fingerprint density at radius 2 is 1.89 bits per heavy atom. The second kappa shape index (κ2) is 6.23.